The van der Waals surface area contributed by atoms with E-state index in [-0.39, 0.29) is 35.8 Å². The Balaban J connectivity index is 1.87. The highest BCUT2D eigenvalue weighted by Crippen LogP contribution is 2.47. The first-order valence-corrected chi connectivity index (χ1v) is 5.76. The van der Waals surface area contributed by atoms with Gasteiger partial charge >= 0.3 is 5.97 Å². The molecule has 1 N–H and O–H groups in total. The largest absolute Gasteiger partial charge is 0.478 e. The van der Waals surface area contributed by atoms with Crippen molar-refractivity contribution in [3.8, 4) is 0 Å². The van der Waals surface area contributed by atoms with Crippen LogP contribution in [0.5, 0.6) is 0 Å². The van der Waals surface area contributed by atoms with Gasteiger partial charge in [-0.1, -0.05) is 18.2 Å². The number of carboxylic acids is 1. The highest BCUT2D eigenvalue weighted by atomic mass is 16.4. The van der Waals surface area contributed by atoms with Crippen molar-refractivity contribution in [2.75, 3.05) is 0 Å². The predicted molar refractivity (Wildman–Crippen MR) is 60.6 cm³/mol. The summed E-state index contributed by atoms with van der Waals surface area (Å²) in [4.78, 5) is 35.8. The van der Waals surface area contributed by atoms with Crippen molar-refractivity contribution in [1.29, 1.82) is 0 Å². The first kappa shape index (κ1) is 11.0. The Morgan fingerprint density at radius 1 is 1.22 bits per heavy atom. The summed E-state index contributed by atoms with van der Waals surface area (Å²) in [7, 11) is 0. The molecule has 1 aliphatic carbocycles. The maximum absolute atomic E-state index is 11.8. The third-order valence-electron chi connectivity index (χ3n) is 3.53. The summed E-state index contributed by atoms with van der Waals surface area (Å²) in [6, 6.07) is 6.43. The fourth-order valence-corrected chi connectivity index (χ4v) is 2.44. The highest BCUT2D eigenvalue weighted by Gasteiger charge is 2.58. The first-order valence-electron chi connectivity index (χ1n) is 5.76. The molecule has 5 nitrogen and oxygen atoms in total. The minimum atomic E-state index is -1.05. The van der Waals surface area contributed by atoms with E-state index >= 15 is 0 Å². The first-order chi connectivity index (χ1) is 8.59. The maximum Gasteiger partial charge on any atom is 0.336 e. The van der Waals surface area contributed by atoms with Crippen molar-refractivity contribution in [2.45, 2.75) is 13.0 Å². The number of amides is 2. The Kier molecular flexibility index (Phi) is 2.23. The van der Waals surface area contributed by atoms with Gasteiger partial charge in [-0.3, -0.25) is 14.5 Å². The molecule has 1 heterocycles. The van der Waals surface area contributed by atoms with E-state index in [1.165, 1.54) is 11.0 Å². The molecule has 2 unspecified atom stereocenters. The number of likely N-dealkylation sites (tertiary alicyclic amines) is 1. The third-order valence-corrected chi connectivity index (χ3v) is 3.53. The lowest BCUT2D eigenvalue weighted by atomic mass is 10.1. The SMILES string of the molecule is O=C(O)c1ccccc1CN1C(=O)C2CC2C1=O. The van der Waals surface area contributed by atoms with E-state index < -0.39 is 5.97 Å². The molecule has 18 heavy (non-hydrogen) atoms. The summed E-state index contributed by atoms with van der Waals surface area (Å²) in [5.74, 6) is -1.66. The average molecular weight is 245 g/mol. The van der Waals surface area contributed by atoms with Gasteiger partial charge in [-0.2, -0.15) is 0 Å². The molecular formula is C13H11NO4. The van der Waals surface area contributed by atoms with Crippen LogP contribution in [-0.2, 0) is 16.1 Å². The van der Waals surface area contributed by atoms with E-state index in [4.69, 9.17) is 5.11 Å². The number of hydrogen-bond donors (Lipinski definition) is 1. The van der Waals surface area contributed by atoms with Crippen LogP contribution in [0.1, 0.15) is 22.3 Å². The number of rotatable bonds is 3. The Morgan fingerprint density at radius 3 is 2.44 bits per heavy atom. The second-order valence-corrected chi connectivity index (χ2v) is 4.67. The number of carbonyl (C=O) groups is 3. The van der Waals surface area contributed by atoms with Gasteiger partial charge in [0.25, 0.3) is 0 Å². The quantitative estimate of drug-likeness (QED) is 0.802. The lowest BCUT2D eigenvalue weighted by Gasteiger charge is -2.17. The molecule has 3 rings (SSSR count). The van der Waals surface area contributed by atoms with E-state index in [1.54, 1.807) is 18.2 Å². The van der Waals surface area contributed by atoms with E-state index in [1.807, 2.05) is 0 Å². The van der Waals surface area contributed by atoms with E-state index in [0.29, 0.717) is 12.0 Å². The molecule has 2 amide bonds. The number of imide groups is 1. The Bertz CT molecular complexity index is 546. The van der Waals surface area contributed by atoms with Gasteiger partial charge < -0.3 is 5.11 Å². The van der Waals surface area contributed by atoms with Crippen LogP contribution in [0.15, 0.2) is 24.3 Å². The van der Waals surface area contributed by atoms with Crippen LogP contribution in [0, 0.1) is 11.8 Å². The number of benzene rings is 1. The number of carbonyl (C=O) groups excluding carboxylic acids is 2. The second-order valence-electron chi connectivity index (χ2n) is 4.67. The van der Waals surface area contributed by atoms with E-state index in [9.17, 15) is 14.4 Å². The molecule has 1 aromatic carbocycles. The number of aromatic carboxylic acids is 1. The highest BCUT2D eigenvalue weighted by molar-refractivity contribution is 6.08. The van der Waals surface area contributed by atoms with Crippen molar-refractivity contribution in [3.63, 3.8) is 0 Å². The van der Waals surface area contributed by atoms with Gasteiger partial charge in [-0.05, 0) is 18.1 Å². The standard InChI is InChI=1S/C13H11NO4/c15-11-9-5-10(9)12(16)14(11)6-7-3-1-2-4-8(7)13(17)18/h1-4,9-10H,5-6H2,(H,17,18). The average Bonchev–Trinajstić information content (AvgIpc) is 3.10. The normalized spacial score (nSPS) is 25.2. The van der Waals surface area contributed by atoms with Crippen LogP contribution >= 0.6 is 0 Å². The van der Waals surface area contributed by atoms with Crippen molar-refractivity contribution in [1.82, 2.24) is 4.90 Å². The van der Waals surface area contributed by atoms with Gasteiger partial charge in [0, 0.05) is 0 Å². The molecule has 0 spiro atoms. The third kappa shape index (κ3) is 1.51. The van der Waals surface area contributed by atoms with Gasteiger partial charge in [0.05, 0.1) is 23.9 Å². The van der Waals surface area contributed by atoms with Gasteiger partial charge in [-0.25, -0.2) is 4.79 Å². The molecule has 1 aromatic rings. The molecule has 2 fully saturated rings. The smallest absolute Gasteiger partial charge is 0.336 e. The number of carboxylic acid groups (broad SMARTS) is 1. The molecule has 1 saturated carbocycles. The van der Waals surface area contributed by atoms with Gasteiger partial charge in [-0.15, -0.1) is 0 Å². The topological polar surface area (TPSA) is 74.7 Å². The summed E-state index contributed by atoms with van der Waals surface area (Å²) in [6.45, 7) is 0.0626. The fraction of sp³-hybridized carbons (Fsp3) is 0.308. The van der Waals surface area contributed by atoms with E-state index in [0.717, 1.165) is 0 Å². The van der Waals surface area contributed by atoms with Crippen LogP contribution < -0.4 is 0 Å². The second kappa shape index (κ2) is 3.66. The monoisotopic (exact) mass is 245 g/mol. The number of fused-ring (bicyclic) bond motifs is 1. The molecule has 5 heteroatoms. The van der Waals surface area contributed by atoms with Crippen molar-refractivity contribution >= 4 is 17.8 Å². The lowest BCUT2D eigenvalue weighted by molar-refractivity contribution is -0.142. The zero-order valence-electron chi connectivity index (χ0n) is 9.50. The van der Waals surface area contributed by atoms with E-state index in [2.05, 4.69) is 0 Å². The number of hydrogen-bond acceptors (Lipinski definition) is 3. The molecule has 0 aromatic heterocycles. The fourth-order valence-electron chi connectivity index (χ4n) is 2.44. The summed E-state index contributed by atoms with van der Waals surface area (Å²) >= 11 is 0. The number of piperidine rings is 1. The molecule has 1 aliphatic heterocycles. The van der Waals surface area contributed by atoms with Crippen molar-refractivity contribution < 1.29 is 19.5 Å². The molecule has 2 atom stereocenters. The zero-order valence-corrected chi connectivity index (χ0v) is 9.50. The van der Waals surface area contributed by atoms with Crippen molar-refractivity contribution in [2.24, 2.45) is 11.8 Å². The molecule has 0 radical (unpaired) electrons. The Hall–Kier alpha value is -2.17. The zero-order chi connectivity index (χ0) is 12.9. The minimum Gasteiger partial charge on any atom is -0.478 e. The van der Waals surface area contributed by atoms with Crippen LogP contribution in [-0.4, -0.2) is 27.8 Å². The van der Waals surface area contributed by atoms with Crippen molar-refractivity contribution in [3.05, 3.63) is 35.4 Å². The lowest BCUT2D eigenvalue weighted by Crippen LogP contribution is -2.32. The van der Waals surface area contributed by atoms with Gasteiger partial charge in [0.15, 0.2) is 0 Å². The summed E-state index contributed by atoms with van der Waals surface area (Å²) in [5.41, 5.74) is 0.631. The predicted octanol–water partition coefficient (Wildman–Crippen LogP) is 0.890. The van der Waals surface area contributed by atoms with Crippen LogP contribution in [0.2, 0.25) is 0 Å². The Labute approximate surface area is 103 Å². The maximum atomic E-state index is 11.8. The van der Waals surface area contributed by atoms with Crippen LogP contribution in [0.3, 0.4) is 0 Å². The van der Waals surface area contributed by atoms with Crippen LogP contribution in [0.4, 0.5) is 0 Å². The molecular weight excluding hydrogens is 234 g/mol. The summed E-state index contributed by atoms with van der Waals surface area (Å²) in [6.07, 6.45) is 0.661. The van der Waals surface area contributed by atoms with Crippen LogP contribution in [0.25, 0.3) is 0 Å². The molecule has 2 aliphatic rings. The van der Waals surface area contributed by atoms with Gasteiger partial charge in [0.1, 0.15) is 0 Å². The molecule has 0 bridgehead atoms. The summed E-state index contributed by atoms with van der Waals surface area (Å²) in [5, 5.41) is 9.04. The van der Waals surface area contributed by atoms with Gasteiger partial charge in [0.2, 0.25) is 11.8 Å². The number of nitrogens with zero attached hydrogens (tertiary/aromatic N) is 1. The molecule has 92 valence electrons. The Morgan fingerprint density at radius 2 is 1.83 bits per heavy atom. The summed E-state index contributed by atoms with van der Waals surface area (Å²) < 4.78 is 0. The molecule has 1 saturated heterocycles. The minimum absolute atomic E-state index is 0.0626.